The number of aromatic nitrogens is 2. The number of nitrogens with zero attached hydrogens (tertiary/aromatic N) is 3. The van der Waals surface area contributed by atoms with Crippen LogP contribution in [0.15, 0.2) is 42.6 Å². The van der Waals surface area contributed by atoms with Crippen molar-refractivity contribution < 1.29 is 18.7 Å². The number of pyridine rings is 1. The summed E-state index contributed by atoms with van der Waals surface area (Å²) in [6.45, 7) is 8.45. The minimum absolute atomic E-state index is 0.0162. The van der Waals surface area contributed by atoms with Crippen molar-refractivity contribution in [3.63, 3.8) is 0 Å². The molecule has 3 aromatic rings. The fraction of sp³-hybridized carbons (Fsp3) is 0.452. The molecule has 2 fully saturated rings. The topological polar surface area (TPSA) is 90.6 Å². The van der Waals surface area contributed by atoms with Crippen LogP contribution < -0.4 is 10.2 Å². The highest BCUT2D eigenvalue weighted by atomic mass is 19.1. The van der Waals surface area contributed by atoms with Crippen LogP contribution in [0.3, 0.4) is 0 Å². The largest absolute Gasteiger partial charge is 0.444 e. The fourth-order valence-corrected chi connectivity index (χ4v) is 6.25. The van der Waals surface area contributed by atoms with Gasteiger partial charge in [0.1, 0.15) is 11.4 Å². The van der Waals surface area contributed by atoms with Gasteiger partial charge in [-0.05, 0) is 70.0 Å². The molecular formula is C31H36FN5O3. The molecule has 0 atom stereocenters. The minimum Gasteiger partial charge on any atom is -0.444 e. The number of aromatic amines is 1. The van der Waals surface area contributed by atoms with Gasteiger partial charge in [0, 0.05) is 72.5 Å². The third-order valence-corrected chi connectivity index (χ3v) is 8.34. The van der Waals surface area contributed by atoms with Crippen molar-refractivity contribution in [1.82, 2.24) is 20.2 Å². The minimum atomic E-state index is -0.536. The second-order valence-corrected chi connectivity index (χ2v) is 12.2. The molecule has 1 aromatic carbocycles. The number of ether oxygens (including phenoxy) is 1. The highest BCUT2D eigenvalue weighted by molar-refractivity contribution is 5.98. The first-order chi connectivity index (χ1) is 19.1. The number of carbonyl (C=O) groups excluding carboxylic acids is 2. The molecule has 210 valence electrons. The van der Waals surface area contributed by atoms with E-state index in [1.165, 1.54) is 6.07 Å². The smallest absolute Gasteiger partial charge is 0.410 e. The van der Waals surface area contributed by atoms with E-state index in [0.717, 1.165) is 48.3 Å². The van der Waals surface area contributed by atoms with Crippen LogP contribution in [0.25, 0.3) is 22.5 Å². The van der Waals surface area contributed by atoms with Gasteiger partial charge in [-0.25, -0.2) is 9.18 Å². The molecule has 4 heterocycles. The summed E-state index contributed by atoms with van der Waals surface area (Å²) in [5.74, 6) is -0.398. The summed E-state index contributed by atoms with van der Waals surface area (Å²) in [6, 6.07) is 10.9. The van der Waals surface area contributed by atoms with Crippen molar-refractivity contribution in [3.8, 4) is 22.5 Å². The number of amides is 2. The summed E-state index contributed by atoms with van der Waals surface area (Å²) in [5, 5.41) is 3.08. The number of rotatable bonds is 3. The zero-order valence-electron chi connectivity index (χ0n) is 23.3. The van der Waals surface area contributed by atoms with Crippen LogP contribution in [-0.2, 0) is 10.2 Å². The number of benzene rings is 1. The summed E-state index contributed by atoms with van der Waals surface area (Å²) in [4.78, 5) is 36.8. The van der Waals surface area contributed by atoms with E-state index in [1.807, 2.05) is 45.0 Å². The summed E-state index contributed by atoms with van der Waals surface area (Å²) >= 11 is 0. The van der Waals surface area contributed by atoms with Crippen molar-refractivity contribution in [2.45, 2.75) is 57.5 Å². The van der Waals surface area contributed by atoms with Crippen LogP contribution >= 0.6 is 0 Å². The van der Waals surface area contributed by atoms with Gasteiger partial charge in [0.15, 0.2) is 0 Å². The highest BCUT2D eigenvalue weighted by Gasteiger charge is 2.43. The van der Waals surface area contributed by atoms with Crippen molar-refractivity contribution in [2.24, 2.45) is 0 Å². The average molecular weight is 546 g/mol. The second-order valence-electron chi connectivity index (χ2n) is 12.2. The SMILES string of the molecule is CC(C)(C)OC(=O)N1CCN(c2ccc(-c3cc(-c4cc5c([nH]4)C4(CCCC4)CNC5=O)ccn3)c(F)c2)CC1. The number of nitrogens with one attached hydrogen (secondary N) is 2. The van der Waals surface area contributed by atoms with Crippen LogP contribution in [0, 0.1) is 5.82 Å². The maximum Gasteiger partial charge on any atom is 0.410 e. The van der Waals surface area contributed by atoms with Crippen LogP contribution in [0.1, 0.15) is 62.5 Å². The molecule has 1 saturated carbocycles. The predicted molar refractivity (Wildman–Crippen MR) is 152 cm³/mol. The molecule has 2 N–H and O–H groups in total. The van der Waals surface area contributed by atoms with Gasteiger partial charge >= 0.3 is 6.09 Å². The Morgan fingerprint density at radius 2 is 1.77 bits per heavy atom. The van der Waals surface area contributed by atoms with Gasteiger partial charge in [-0.3, -0.25) is 9.78 Å². The summed E-state index contributed by atoms with van der Waals surface area (Å²) in [5.41, 5.74) is 4.62. The van der Waals surface area contributed by atoms with E-state index in [-0.39, 0.29) is 23.2 Å². The van der Waals surface area contributed by atoms with E-state index in [4.69, 9.17) is 4.74 Å². The molecule has 2 aliphatic heterocycles. The molecule has 0 bridgehead atoms. The molecule has 3 aliphatic rings. The van der Waals surface area contributed by atoms with Crippen molar-refractivity contribution in [3.05, 3.63) is 59.7 Å². The average Bonchev–Trinajstić information content (AvgIpc) is 3.59. The maximum atomic E-state index is 15.4. The zero-order valence-corrected chi connectivity index (χ0v) is 23.3. The van der Waals surface area contributed by atoms with Crippen molar-refractivity contribution in [2.75, 3.05) is 37.6 Å². The lowest BCUT2D eigenvalue weighted by molar-refractivity contribution is 0.0240. The Kier molecular flexibility index (Phi) is 6.55. The molecule has 0 radical (unpaired) electrons. The lowest BCUT2D eigenvalue weighted by atomic mass is 9.78. The number of piperazine rings is 1. The Morgan fingerprint density at radius 3 is 2.48 bits per heavy atom. The Hall–Kier alpha value is -3.88. The first kappa shape index (κ1) is 26.3. The lowest BCUT2D eigenvalue weighted by Gasteiger charge is -2.36. The molecule has 2 aromatic heterocycles. The Morgan fingerprint density at radius 1 is 1.02 bits per heavy atom. The quantitative estimate of drug-likeness (QED) is 0.454. The molecule has 40 heavy (non-hydrogen) atoms. The molecule has 1 saturated heterocycles. The number of anilines is 1. The summed E-state index contributed by atoms with van der Waals surface area (Å²) < 4.78 is 20.9. The van der Waals surface area contributed by atoms with Gasteiger partial charge in [-0.2, -0.15) is 0 Å². The van der Waals surface area contributed by atoms with E-state index < -0.39 is 5.60 Å². The van der Waals surface area contributed by atoms with Gasteiger partial charge in [-0.1, -0.05) is 12.8 Å². The van der Waals surface area contributed by atoms with Gasteiger partial charge in [0.2, 0.25) is 0 Å². The number of fused-ring (bicyclic) bond motifs is 2. The molecule has 6 rings (SSSR count). The molecule has 0 unspecified atom stereocenters. The highest BCUT2D eigenvalue weighted by Crippen LogP contribution is 2.44. The van der Waals surface area contributed by atoms with Crippen LogP contribution in [-0.4, -0.2) is 65.2 Å². The molecule has 9 heteroatoms. The van der Waals surface area contributed by atoms with E-state index in [0.29, 0.717) is 49.5 Å². The second kappa shape index (κ2) is 9.94. The fourth-order valence-electron chi connectivity index (χ4n) is 6.25. The Balaban J connectivity index is 1.20. The Labute approximate surface area is 233 Å². The van der Waals surface area contributed by atoms with E-state index >= 15 is 4.39 Å². The molecule has 2 amide bonds. The molecular weight excluding hydrogens is 509 g/mol. The van der Waals surface area contributed by atoms with Gasteiger partial charge in [-0.15, -0.1) is 0 Å². The number of hydrogen-bond donors (Lipinski definition) is 2. The lowest BCUT2D eigenvalue weighted by Crippen LogP contribution is -2.50. The zero-order chi connectivity index (χ0) is 28.1. The standard InChI is InChI=1S/C31H36FN5O3/c1-30(2,3)40-29(39)37-14-12-36(13-15-37)21-6-7-22(24(32)17-21)26-16-20(8-11-33-26)25-18-23-27(35-25)31(9-4-5-10-31)19-34-28(23)38/h6-8,11,16-18,35H,4-5,9-10,12-15,19H2,1-3H3,(H,34,38). The van der Waals surface area contributed by atoms with Crippen LogP contribution in [0.2, 0.25) is 0 Å². The number of halogens is 1. The van der Waals surface area contributed by atoms with Gasteiger partial charge in [0.25, 0.3) is 5.91 Å². The van der Waals surface area contributed by atoms with Gasteiger partial charge in [0.05, 0.1) is 11.3 Å². The summed E-state index contributed by atoms with van der Waals surface area (Å²) in [6.07, 6.45) is 5.82. The summed E-state index contributed by atoms with van der Waals surface area (Å²) in [7, 11) is 0. The van der Waals surface area contributed by atoms with E-state index in [9.17, 15) is 9.59 Å². The van der Waals surface area contributed by atoms with Crippen LogP contribution in [0.4, 0.5) is 14.9 Å². The molecule has 8 nitrogen and oxygen atoms in total. The van der Waals surface area contributed by atoms with Crippen LogP contribution in [0.5, 0.6) is 0 Å². The van der Waals surface area contributed by atoms with Gasteiger partial charge < -0.3 is 24.8 Å². The molecule has 1 spiro atoms. The first-order valence-corrected chi connectivity index (χ1v) is 14.1. The third kappa shape index (κ3) is 4.93. The van der Waals surface area contributed by atoms with E-state index in [2.05, 4.69) is 20.2 Å². The third-order valence-electron chi connectivity index (χ3n) is 8.34. The number of hydrogen-bond acceptors (Lipinski definition) is 5. The first-order valence-electron chi connectivity index (χ1n) is 14.1. The normalized spacial score (nSPS) is 18.6. The van der Waals surface area contributed by atoms with E-state index in [1.54, 1.807) is 17.2 Å². The van der Waals surface area contributed by atoms with Crippen molar-refractivity contribution in [1.29, 1.82) is 0 Å². The number of carbonyl (C=O) groups is 2. The van der Waals surface area contributed by atoms with Crippen molar-refractivity contribution >= 4 is 17.7 Å². The molecule has 1 aliphatic carbocycles. The Bertz CT molecular complexity index is 1450. The number of H-pyrrole nitrogens is 1. The maximum absolute atomic E-state index is 15.4. The predicted octanol–water partition coefficient (Wildman–Crippen LogP) is 5.50. The monoisotopic (exact) mass is 545 g/mol.